The number of carbonyl (C=O) groups excluding carboxylic acids is 1. The number of fused-ring (bicyclic) bond motifs is 1. The lowest BCUT2D eigenvalue weighted by molar-refractivity contribution is -0.120. The van der Waals surface area contributed by atoms with Crippen LogP contribution in [0.1, 0.15) is 18.4 Å². The number of rotatable bonds is 5. The van der Waals surface area contributed by atoms with Crippen LogP contribution in [0.15, 0.2) is 18.2 Å². The van der Waals surface area contributed by atoms with Crippen LogP contribution in [0, 0.1) is 0 Å². The van der Waals surface area contributed by atoms with Crippen LogP contribution in [0.5, 0.6) is 11.5 Å². The van der Waals surface area contributed by atoms with Crippen LogP contribution >= 0.6 is 0 Å². The zero-order valence-electron chi connectivity index (χ0n) is 12.0. The second-order valence-electron chi connectivity index (χ2n) is 5.54. The normalized spacial score (nSPS) is 18.1. The summed E-state index contributed by atoms with van der Waals surface area (Å²) in [5, 5.41) is 3.34. The molecule has 0 bridgehead atoms. The molecule has 1 fully saturated rings. The van der Waals surface area contributed by atoms with Gasteiger partial charge in [0.05, 0.1) is 6.54 Å². The molecule has 0 unspecified atom stereocenters. The van der Waals surface area contributed by atoms with E-state index >= 15 is 0 Å². The predicted molar refractivity (Wildman–Crippen MR) is 78.1 cm³/mol. The van der Waals surface area contributed by atoms with E-state index in [1.807, 2.05) is 18.2 Å². The molecule has 6 heteroatoms. The molecule has 2 aliphatic rings. The number of amides is 1. The van der Waals surface area contributed by atoms with Crippen LogP contribution in [0.4, 0.5) is 0 Å². The highest BCUT2D eigenvalue weighted by atomic mass is 16.7. The van der Waals surface area contributed by atoms with Crippen molar-refractivity contribution in [3.8, 4) is 11.5 Å². The summed E-state index contributed by atoms with van der Waals surface area (Å²) in [6.07, 6.45) is 2.08. The fourth-order valence-corrected chi connectivity index (χ4v) is 2.96. The van der Waals surface area contributed by atoms with E-state index in [1.165, 1.54) is 0 Å². The maximum atomic E-state index is 11.4. The molecule has 0 aromatic heterocycles. The molecular formula is C15H21N3O3. The highest BCUT2D eigenvalue weighted by molar-refractivity contribution is 5.76. The third-order valence-corrected chi connectivity index (χ3v) is 4.01. The molecule has 1 saturated heterocycles. The fourth-order valence-electron chi connectivity index (χ4n) is 2.96. The molecule has 6 nitrogen and oxygen atoms in total. The largest absolute Gasteiger partial charge is 0.454 e. The number of hydrogen-bond acceptors (Lipinski definition) is 5. The van der Waals surface area contributed by atoms with Crippen LogP contribution in [0.25, 0.3) is 0 Å². The number of carbonyl (C=O) groups is 1. The van der Waals surface area contributed by atoms with Gasteiger partial charge in [0.1, 0.15) is 0 Å². The summed E-state index contributed by atoms with van der Waals surface area (Å²) in [6.45, 7) is 3.24. The zero-order chi connectivity index (χ0) is 14.7. The summed E-state index contributed by atoms with van der Waals surface area (Å²) in [4.78, 5) is 13.5. The molecule has 1 aromatic carbocycles. The van der Waals surface area contributed by atoms with Crippen molar-refractivity contribution in [2.75, 3.05) is 26.4 Å². The van der Waals surface area contributed by atoms with Crippen LogP contribution < -0.4 is 20.5 Å². The number of nitrogens with one attached hydrogen (secondary N) is 1. The Hall–Kier alpha value is -1.79. The average molecular weight is 291 g/mol. The summed E-state index contributed by atoms with van der Waals surface area (Å²) in [5.74, 6) is 1.27. The minimum atomic E-state index is -0.283. The molecule has 114 valence electrons. The van der Waals surface area contributed by atoms with Gasteiger partial charge in [-0.05, 0) is 43.6 Å². The van der Waals surface area contributed by atoms with E-state index in [1.54, 1.807) is 0 Å². The lowest BCUT2D eigenvalue weighted by Crippen LogP contribution is -2.46. The van der Waals surface area contributed by atoms with Crippen molar-refractivity contribution >= 4 is 5.91 Å². The number of piperidine rings is 1. The van der Waals surface area contributed by atoms with E-state index in [0.29, 0.717) is 19.1 Å². The number of benzene rings is 1. The summed E-state index contributed by atoms with van der Waals surface area (Å²) in [6, 6.07) is 6.31. The molecule has 2 heterocycles. The number of nitrogens with zero attached hydrogens (tertiary/aromatic N) is 1. The summed E-state index contributed by atoms with van der Waals surface area (Å²) < 4.78 is 10.7. The van der Waals surface area contributed by atoms with E-state index in [0.717, 1.165) is 43.0 Å². The average Bonchev–Trinajstić information content (AvgIpc) is 2.94. The molecule has 0 atom stereocenters. The molecule has 3 rings (SSSR count). The van der Waals surface area contributed by atoms with Crippen LogP contribution in [0.3, 0.4) is 0 Å². The lowest BCUT2D eigenvalue weighted by Gasteiger charge is -2.33. The van der Waals surface area contributed by atoms with Gasteiger partial charge in [-0.1, -0.05) is 6.07 Å². The molecule has 0 aliphatic carbocycles. The number of ether oxygens (including phenoxy) is 2. The third kappa shape index (κ3) is 3.46. The molecule has 1 aromatic rings. The van der Waals surface area contributed by atoms with Crippen molar-refractivity contribution in [1.29, 1.82) is 0 Å². The van der Waals surface area contributed by atoms with Gasteiger partial charge < -0.3 is 20.5 Å². The highest BCUT2D eigenvalue weighted by Gasteiger charge is 2.23. The van der Waals surface area contributed by atoms with Crippen molar-refractivity contribution in [3.63, 3.8) is 0 Å². The first kappa shape index (κ1) is 14.2. The Morgan fingerprint density at radius 1 is 1.29 bits per heavy atom. The van der Waals surface area contributed by atoms with Crippen LogP contribution in [-0.4, -0.2) is 43.3 Å². The van der Waals surface area contributed by atoms with Gasteiger partial charge in [0.15, 0.2) is 11.5 Å². The minimum absolute atomic E-state index is 0.276. The molecule has 1 amide bonds. The Labute approximate surface area is 124 Å². The minimum Gasteiger partial charge on any atom is -0.454 e. The topological polar surface area (TPSA) is 76.8 Å². The third-order valence-electron chi connectivity index (χ3n) is 4.01. The van der Waals surface area contributed by atoms with Gasteiger partial charge >= 0.3 is 0 Å². The molecule has 0 radical (unpaired) electrons. The van der Waals surface area contributed by atoms with Gasteiger partial charge in [-0.2, -0.15) is 0 Å². The van der Waals surface area contributed by atoms with E-state index in [4.69, 9.17) is 15.2 Å². The first-order valence-electron chi connectivity index (χ1n) is 7.34. The first-order chi connectivity index (χ1) is 10.2. The lowest BCUT2D eigenvalue weighted by atomic mass is 10.0. The van der Waals surface area contributed by atoms with E-state index in [9.17, 15) is 4.79 Å². The van der Waals surface area contributed by atoms with E-state index in [-0.39, 0.29) is 12.7 Å². The summed E-state index contributed by atoms with van der Waals surface area (Å²) >= 11 is 0. The Balaban J connectivity index is 1.72. The maximum absolute atomic E-state index is 11.4. The predicted octanol–water partition coefficient (Wildman–Crippen LogP) is 0.455. The van der Waals surface area contributed by atoms with E-state index < -0.39 is 0 Å². The molecule has 0 spiro atoms. The van der Waals surface area contributed by atoms with Crippen LogP contribution in [-0.2, 0) is 11.3 Å². The van der Waals surface area contributed by atoms with Gasteiger partial charge in [0.25, 0.3) is 0 Å². The van der Waals surface area contributed by atoms with Gasteiger partial charge in [0.2, 0.25) is 12.7 Å². The Kier molecular flexibility index (Phi) is 4.26. The van der Waals surface area contributed by atoms with Crippen molar-refractivity contribution in [2.45, 2.75) is 25.4 Å². The van der Waals surface area contributed by atoms with Crippen LogP contribution in [0.2, 0.25) is 0 Å². The van der Waals surface area contributed by atoms with Crippen molar-refractivity contribution in [1.82, 2.24) is 10.2 Å². The maximum Gasteiger partial charge on any atom is 0.231 e. The monoisotopic (exact) mass is 291 g/mol. The van der Waals surface area contributed by atoms with Crippen molar-refractivity contribution in [2.24, 2.45) is 5.73 Å². The first-order valence-corrected chi connectivity index (χ1v) is 7.34. The standard InChI is InChI=1S/C15H21N3O3/c16-15(19)9-18(12-3-5-17-6-4-12)8-11-1-2-13-14(7-11)21-10-20-13/h1-2,7,12,17H,3-6,8-10H2,(H2,16,19). The Morgan fingerprint density at radius 3 is 2.81 bits per heavy atom. The molecule has 2 aliphatic heterocycles. The molecule has 0 saturated carbocycles. The zero-order valence-corrected chi connectivity index (χ0v) is 12.0. The number of hydrogen-bond donors (Lipinski definition) is 2. The summed E-state index contributed by atoms with van der Waals surface area (Å²) in [5.41, 5.74) is 6.51. The van der Waals surface area contributed by atoms with Gasteiger partial charge in [-0.15, -0.1) is 0 Å². The van der Waals surface area contributed by atoms with Gasteiger partial charge in [-0.3, -0.25) is 9.69 Å². The molecular weight excluding hydrogens is 270 g/mol. The molecule has 21 heavy (non-hydrogen) atoms. The number of nitrogens with two attached hydrogens (primary N) is 1. The SMILES string of the molecule is NC(=O)CN(Cc1ccc2c(c1)OCO2)C1CCNCC1. The Morgan fingerprint density at radius 2 is 2.05 bits per heavy atom. The summed E-state index contributed by atoms with van der Waals surface area (Å²) in [7, 11) is 0. The van der Waals surface area contributed by atoms with Crippen molar-refractivity contribution < 1.29 is 14.3 Å². The quantitative estimate of drug-likeness (QED) is 0.824. The van der Waals surface area contributed by atoms with E-state index in [2.05, 4.69) is 10.2 Å². The molecule has 3 N–H and O–H groups in total. The smallest absolute Gasteiger partial charge is 0.231 e. The second-order valence-corrected chi connectivity index (χ2v) is 5.54. The van der Waals surface area contributed by atoms with Gasteiger partial charge in [0, 0.05) is 12.6 Å². The highest BCUT2D eigenvalue weighted by Crippen LogP contribution is 2.33. The second kappa shape index (κ2) is 6.32. The Bertz CT molecular complexity index is 515. The van der Waals surface area contributed by atoms with Gasteiger partial charge in [-0.25, -0.2) is 0 Å². The number of primary amides is 1. The fraction of sp³-hybridized carbons (Fsp3) is 0.533. The van der Waals surface area contributed by atoms with Crippen molar-refractivity contribution in [3.05, 3.63) is 23.8 Å².